The van der Waals surface area contributed by atoms with Crippen LogP contribution in [0.1, 0.15) is 29.7 Å². The van der Waals surface area contributed by atoms with Gasteiger partial charge in [-0.05, 0) is 42.3 Å². The molecule has 0 bridgehead atoms. The van der Waals surface area contributed by atoms with E-state index in [4.69, 9.17) is 4.74 Å². The van der Waals surface area contributed by atoms with Crippen LogP contribution in [0, 0.1) is 0 Å². The minimum Gasteiger partial charge on any atom is -0.497 e. The number of carbonyl (C=O) groups is 1. The molecule has 0 heterocycles. The predicted molar refractivity (Wildman–Crippen MR) is 88.2 cm³/mol. The molecule has 1 atom stereocenters. The lowest BCUT2D eigenvalue weighted by atomic mass is 10.1. The first-order valence-electron chi connectivity index (χ1n) is 7.64. The molecule has 0 saturated heterocycles. The van der Waals surface area contributed by atoms with Crippen molar-refractivity contribution < 1.29 is 22.7 Å². The quantitative estimate of drug-likeness (QED) is 0.844. The summed E-state index contributed by atoms with van der Waals surface area (Å²) >= 11 is 0. The van der Waals surface area contributed by atoms with Gasteiger partial charge in [0.15, 0.2) is 0 Å². The zero-order valence-electron chi connectivity index (χ0n) is 13.9. The molecule has 0 aliphatic rings. The molecule has 2 N–H and O–H groups in total. The van der Waals surface area contributed by atoms with E-state index in [0.29, 0.717) is 17.9 Å². The molecule has 0 spiro atoms. The standard InChI is InChI=1S/C18H19F3N2O2/c1-12(14-4-3-5-15(10-14)18(19,20)21)23-17(24)22-11-13-6-8-16(25-2)9-7-13/h3-10,12H,11H2,1-2H3,(H2,22,23,24). The first-order chi connectivity index (χ1) is 11.8. The first kappa shape index (κ1) is 18.6. The Balaban J connectivity index is 1.91. The van der Waals surface area contributed by atoms with E-state index < -0.39 is 23.8 Å². The van der Waals surface area contributed by atoms with E-state index >= 15 is 0 Å². The Morgan fingerprint density at radius 1 is 1.16 bits per heavy atom. The third-order valence-corrected chi connectivity index (χ3v) is 3.67. The minimum atomic E-state index is -4.41. The Hall–Kier alpha value is -2.70. The molecule has 0 aliphatic carbocycles. The van der Waals surface area contributed by atoms with Gasteiger partial charge in [-0.15, -0.1) is 0 Å². The van der Waals surface area contributed by atoms with Crippen molar-refractivity contribution in [3.05, 3.63) is 65.2 Å². The summed E-state index contributed by atoms with van der Waals surface area (Å²) in [6.45, 7) is 1.92. The van der Waals surface area contributed by atoms with Crippen LogP contribution in [0.5, 0.6) is 5.75 Å². The Morgan fingerprint density at radius 2 is 1.84 bits per heavy atom. The lowest BCUT2D eigenvalue weighted by molar-refractivity contribution is -0.137. The molecule has 2 aromatic carbocycles. The average Bonchev–Trinajstić information content (AvgIpc) is 2.59. The number of hydrogen-bond acceptors (Lipinski definition) is 2. The highest BCUT2D eigenvalue weighted by molar-refractivity contribution is 5.74. The minimum absolute atomic E-state index is 0.297. The number of rotatable bonds is 5. The van der Waals surface area contributed by atoms with E-state index in [2.05, 4.69) is 10.6 Å². The number of halogens is 3. The summed E-state index contributed by atoms with van der Waals surface area (Å²) in [6, 6.07) is 11.1. The summed E-state index contributed by atoms with van der Waals surface area (Å²) in [5, 5.41) is 5.29. The maximum Gasteiger partial charge on any atom is 0.416 e. The lowest BCUT2D eigenvalue weighted by Gasteiger charge is -2.17. The summed E-state index contributed by atoms with van der Waals surface area (Å²) in [5.74, 6) is 0.714. The van der Waals surface area contributed by atoms with Gasteiger partial charge in [0.05, 0.1) is 18.7 Å². The fourth-order valence-electron chi connectivity index (χ4n) is 2.24. The topological polar surface area (TPSA) is 50.4 Å². The van der Waals surface area contributed by atoms with Gasteiger partial charge in [-0.1, -0.05) is 24.3 Å². The molecule has 0 fully saturated rings. The fourth-order valence-corrected chi connectivity index (χ4v) is 2.24. The summed E-state index contributed by atoms with van der Waals surface area (Å²) in [7, 11) is 1.57. The highest BCUT2D eigenvalue weighted by Crippen LogP contribution is 2.30. The molecule has 0 aliphatic heterocycles. The number of alkyl halides is 3. The zero-order valence-corrected chi connectivity index (χ0v) is 13.9. The second-order valence-electron chi connectivity index (χ2n) is 5.52. The number of benzene rings is 2. The molecule has 25 heavy (non-hydrogen) atoms. The van der Waals surface area contributed by atoms with Gasteiger partial charge in [0, 0.05) is 6.54 Å². The van der Waals surface area contributed by atoms with Crippen LogP contribution >= 0.6 is 0 Å². The molecule has 2 aromatic rings. The molecule has 2 amide bonds. The highest BCUT2D eigenvalue weighted by Gasteiger charge is 2.30. The summed E-state index contributed by atoms with van der Waals surface area (Å²) in [5.41, 5.74) is 0.523. The van der Waals surface area contributed by atoms with Gasteiger partial charge in [0.25, 0.3) is 0 Å². The second kappa shape index (κ2) is 7.92. The summed E-state index contributed by atoms with van der Waals surface area (Å²) in [4.78, 5) is 11.9. The van der Waals surface area contributed by atoms with Gasteiger partial charge in [0.2, 0.25) is 0 Å². The van der Waals surface area contributed by atoms with Crippen molar-refractivity contribution >= 4 is 6.03 Å². The molecule has 0 radical (unpaired) electrons. The number of nitrogens with one attached hydrogen (secondary N) is 2. The van der Waals surface area contributed by atoms with Crippen molar-refractivity contribution in [1.82, 2.24) is 10.6 Å². The molecule has 4 nitrogen and oxygen atoms in total. The van der Waals surface area contributed by atoms with Gasteiger partial charge in [-0.3, -0.25) is 0 Å². The molecule has 0 saturated carbocycles. The van der Waals surface area contributed by atoms with Crippen molar-refractivity contribution in [2.24, 2.45) is 0 Å². The SMILES string of the molecule is COc1ccc(CNC(=O)NC(C)c2cccc(C(F)(F)F)c2)cc1. The van der Waals surface area contributed by atoms with E-state index in [1.54, 1.807) is 32.2 Å². The highest BCUT2D eigenvalue weighted by atomic mass is 19.4. The van der Waals surface area contributed by atoms with Crippen LogP contribution in [0.4, 0.5) is 18.0 Å². The molecule has 134 valence electrons. The molecule has 7 heteroatoms. The second-order valence-corrected chi connectivity index (χ2v) is 5.52. The Kier molecular flexibility index (Phi) is 5.90. The number of methoxy groups -OCH3 is 1. The molecular formula is C18H19F3N2O2. The smallest absolute Gasteiger partial charge is 0.416 e. The summed E-state index contributed by atoms with van der Waals surface area (Å²) in [6.07, 6.45) is -4.41. The van der Waals surface area contributed by atoms with Crippen LogP contribution in [0.2, 0.25) is 0 Å². The van der Waals surface area contributed by atoms with Crippen molar-refractivity contribution in [2.75, 3.05) is 7.11 Å². The molecular weight excluding hydrogens is 333 g/mol. The van der Waals surface area contributed by atoms with Crippen LogP contribution in [-0.2, 0) is 12.7 Å². The molecule has 1 unspecified atom stereocenters. The van der Waals surface area contributed by atoms with Crippen LogP contribution in [0.25, 0.3) is 0 Å². The maximum absolute atomic E-state index is 12.7. The predicted octanol–water partition coefficient (Wildman–Crippen LogP) is 4.27. The average molecular weight is 352 g/mol. The monoisotopic (exact) mass is 352 g/mol. The lowest BCUT2D eigenvalue weighted by Crippen LogP contribution is -2.36. The van der Waals surface area contributed by atoms with E-state index in [9.17, 15) is 18.0 Å². The molecule has 0 aromatic heterocycles. The largest absolute Gasteiger partial charge is 0.497 e. The van der Waals surface area contributed by atoms with Crippen molar-refractivity contribution in [3.63, 3.8) is 0 Å². The zero-order chi connectivity index (χ0) is 18.4. The third kappa shape index (κ3) is 5.41. The fraction of sp³-hybridized carbons (Fsp3) is 0.278. The number of urea groups is 1. The van der Waals surface area contributed by atoms with Gasteiger partial charge < -0.3 is 15.4 Å². The van der Waals surface area contributed by atoms with Crippen molar-refractivity contribution in [1.29, 1.82) is 0 Å². The van der Waals surface area contributed by atoms with Crippen LogP contribution in [0.15, 0.2) is 48.5 Å². The number of ether oxygens (including phenoxy) is 1. The van der Waals surface area contributed by atoms with Crippen LogP contribution in [0.3, 0.4) is 0 Å². The van der Waals surface area contributed by atoms with E-state index in [0.717, 1.165) is 17.7 Å². The number of carbonyl (C=O) groups excluding carboxylic acids is 1. The Labute approximate surface area is 144 Å². The van der Waals surface area contributed by atoms with Crippen molar-refractivity contribution in [3.8, 4) is 5.75 Å². The van der Waals surface area contributed by atoms with Crippen LogP contribution < -0.4 is 15.4 Å². The number of hydrogen-bond donors (Lipinski definition) is 2. The van der Waals surface area contributed by atoms with E-state index in [-0.39, 0.29) is 0 Å². The van der Waals surface area contributed by atoms with E-state index in [1.165, 1.54) is 6.07 Å². The van der Waals surface area contributed by atoms with Gasteiger partial charge in [-0.25, -0.2) is 4.79 Å². The van der Waals surface area contributed by atoms with E-state index in [1.807, 2.05) is 12.1 Å². The Morgan fingerprint density at radius 3 is 2.44 bits per heavy atom. The van der Waals surface area contributed by atoms with Gasteiger partial charge in [0.1, 0.15) is 5.75 Å². The van der Waals surface area contributed by atoms with Crippen molar-refractivity contribution in [2.45, 2.75) is 25.7 Å². The third-order valence-electron chi connectivity index (χ3n) is 3.67. The normalized spacial score (nSPS) is 12.4. The Bertz CT molecular complexity index is 715. The van der Waals surface area contributed by atoms with Gasteiger partial charge >= 0.3 is 12.2 Å². The molecule has 2 rings (SSSR count). The first-order valence-corrected chi connectivity index (χ1v) is 7.64. The summed E-state index contributed by atoms with van der Waals surface area (Å²) < 4.78 is 43.3. The van der Waals surface area contributed by atoms with Gasteiger partial charge in [-0.2, -0.15) is 13.2 Å². The number of amides is 2. The van der Waals surface area contributed by atoms with Crippen LogP contribution in [-0.4, -0.2) is 13.1 Å². The maximum atomic E-state index is 12.7.